The number of likely N-dealkylation sites (tertiary alicyclic amines) is 1. The maximum atomic E-state index is 13.6. The van der Waals surface area contributed by atoms with Gasteiger partial charge in [-0.15, -0.1) is 0 Å². The van der Waals surface area contributed by atoms with Crippen LogP contribution in [0.3, 0.4) is 0 Å². The summed E-state index contributed by atoms with van der Waals surface area (Å²) in [6, 6.07) is 5.77. The van der Waals surface area contributed by atoms with Crippen LogP contribution in [0.5, 0.6) is 0 Å². The lowest BCUT2D eigenvalue weighted by molar-refractivity contribution is -0.138. The Hall–Kier alpha value is -2.11. The molecule has 1 aliphatic heterocycles. The highest BCUT2D eigenvalue weighted by molar-refractivity contribution is 5.91. The largest absolute Gasteiger partial charge is 0.481 e. The summed E-state index contributed by atoms with van der Waals surface area (Å²) in [5.41, 5.74) is 0.221. The number of nitrogens with zero attached hydrogens (tertiary/aromatic N) is 2. The summed E-state index contributed by atoms with van der Waals surface area (Å²) in [6.07, 6.45) is 0.732. The summed E-state index contributed by atoms with van der Waals surface area (Å²) in [5.74, 6) is -1.33. The van der Waals surface area contributed by atoms with Crippen LogP contribution in [0.4, 0.5) is 14.9 Å². The standard InChI is InChI=1S/C14H17FN2O3/c1-16(12-5-3-2-4-11(12)15)14(20)17-7-6-10(9-17)8-13(18)19/h2-5,10H,6-9H2,1H3,(H,18,19). The molecule has 1 aromatic carbocycles. The fourth-order valence-corrected chi connectivity index (χ4v) is 2.46. The van der Waals surface area contributed by atoms with Gasteiger partial charge in [-0.3, -0.25) is 9.69 Å². The van der Waals surface area contributed by atoms with Gasteiger partial charge in [0.05, 0.1) is 5.69 Å². The number of amides is 2. The molecule has 108 valence electrons. The van der Waals surface area contributed by atoms with Gasteiger partial charge >= 0.3 is 12.0 Å². The van der Waals surface area contributed by atoms with E-state index in [-0.39, 0.29) is 24.1 Å². The monoisotopic (exact) mass is 280 g/mol. The van der Waals surface area contributed by atoms with Gasteiger partial charge in [0, 0.05) is 26.6 Å². The summed E-state index contributed by atoms with van der Waals surface area (Å²) < 4.78 is 13.6. The van der Waals surface area contributed by atoms with Crippen molar-refractivity contribution in [3.63, 3.8) is 0 Å². The second-order valence-corrected chi connectivity index (χ2v) is 4.99. The van der Waals surface area contributed by atoms with E-state index in [1.54, 1.807) is 17.0 Å². The average Bonchev–Trinajstić information content (AvgIpc) is 2.85. The Kier molecular flexibility index (Phi) is 4.22. The van der Waals surface area contributed by atoms with Crippen LogP contribution in [0.1, 0.15) is 12.8 Å². The lowest BCUT2D eigenvalue weighted by Crippen LogP contribution is -2.40. The van der Waals surface area contributed by atoms with E-state index in [1.807, 2.05) is 0 Å². The molecule has 0 aliphatic carbocycles. The number of halogens is 1. The first kappa shape index (κ1) is 14.3. The zero-order valence-electron chi connectivity index (χ0n) is 11.3. The predicted octanol–water partition coefficient (Wildman–Crippen LogP) is 2.18. The Morgan fingerprint density at radius 1 is 1.45 bits per heavy atom. The van der Waals surface area contributed by atoms with E-state index >= 15 is 0 Å². The minimum absolute atomic E-state index is 0.0227. The minimum atomic E-state index is -0.855. The molecule has 5 nitrogen and oxygen atoms in total. The Labute approximate surface area is 116 Å². The first-order valence-corrected chi connectivity index (χ1v) is 6.48. The number of hydrogen-bond donors (Lipinski definition) is 1. The number of hydrogen-bond acceptors (Lipinski definition) is 2. The van der Waals surface area contributed by atoms with E-state index in [1.165, 1.54) is 24.1 Å². The van der Waals surface area contributed by atoms with E-state index in [2.05, 4.69) is 0 Å². The lowest BCUT2D eigenvalue weighted by atomic mass is 10.1. The smallest absolute Gasteiger partial charge is 0.324 e. The number of urea groups is 1. The van der Waals surface area contributed by atoms with Crippen LogP contribution < -0.4 is 4.90 Å². The third-order valence-corrected chi connectivity index (χ3v) is 3.52. The zero-order valence-corrected chi connectivity index (χ0v) is 11.3. The number of benzene rings is 1. The van der Waals surface area contributed by atoms with Crippen LogP contribution in [-0.4, -0.2) is 42.1 Å². The van der Waals surface area contributed by atoms with Crippen LogP contribution in [-0.2, 0) is 4.79 Å². The molecule has 1 N–H and O–H groups in total. The van der Waals surface area contributed by atoms with Gasteiger partial charge in [-0.2, -0.15) is 0 Å². The Morgan fingerprint density at radius 3 is 2.80 bits per heavy atom. The number of carboxylic acids is 1. The normalized spacial score (nSPS) is 18.1. The molecule has 1 fully saturated rings. The molecule has 20 heavy (non-hydrogen) atoms. The zero-order chi connectivity index (χ0) is 14.7. The molecule has 2 amide bonds. The van der Waals surface area contributed by atoms with E-state index in [0.29, 0.717) is 19.5 Å². The fourth-order valence-electron chi connectivity index (χ4n) is 2.46. The van der Waals surface area contributed by atoms with Gasteiger partial charge in [0.25, 0.3) is 0 Å². The molecule has 0 spiro atoms. The second kappa shape index (κ2) is 5.90. The summed E-state index contributed by atoms with van der Waals surface area (Å²) in [6.45, 7) is 0.916. The third-order valence-electron chi connectivity index (χ3n) is 3.52. The van der Waals surface area contributed by atoms with Crippen LogP contribution >= 0.6 is 0 Å². The highest BCUT2D eigenvalue weighted by atomic mass is 19.1. The van der Waals surface area contributed by atoms with E-state index in [9.17, 15) is 14.0 Å². The van der Waals surface area contributed by atoms with Crippen molar-refractivity contribution in [3.05, 3.63) is 30.1 Å². The highest BCUT2D eigenvalue weighted by Gasteiger charge is 2.30. The molecule has 1 unspecified atom stereocenters. The quantitative estimate of drug-likeness (QED) is 0.923. The van der Waals surface area contributed by atoms with E-state index in [0.717, 1.165) is 0 Å². The van der Waals surface area contributed by atoms with Crippen molar-refractivity contribution in [1.29, 1.82) is 0 Å². The molecule has 0 bridgehead atoms. The van der Waals surface area contributed by atoms with Gasteiger partial charge in [-0.05, 0) is 24.5 Å². The van der Waals surface area contributed by atoms with E-state index < -0.39 is 11.8 Å². The van der Waals surface area contributed by atoms with Crippen LogP contribution in [0.25, 0.3) is 0 Å². The SMILES string of the molecule is CN(C(=O)N1CCC(CC(=O)O)C1)c1ccccc1F. The van der Waals surface area contributed by atoms with Crippen molar-refractivity contribution >= 4 is 17.7 Å². The van der Waals surface area contributed by atoms with Crippen molar-refractivity contribution < 1.29 is 19.1 Å². The molecular weight excluding hydrogens is 263 g/mol. The molecule has 1 atom stereocenters. The van der Waals surface area contributed by atoms with Crippen molar-refractivity contribution in [2.24, 2.45) is 5.92 Å². The molecule has 2 rings (SSSR count). The first-order chi connectivity index (χ1) is 9.49. The van der Waals surface area contributed by atoms with Crippen molar-refractivity contribution in [2.75, 3.05) is 25.0 Å². The molecule has 1 saturated heterocycles. The highest BCUT2D eigenvalue weighted by Crippen LogP contribution is 2.23. The maximum Gasteiger partial charge on any atom is 0.324 e. The third kappa shape index (κ3) is 3.07. The number of anilines is 1. The molecular formula is C14H17FN2O3. The molecule has 6 heteroatoms. The van der Waals surface area contributed by atoms with Gasteiger partial charge in [0.1, 0.15) is 5.82 Å². The summed E-state index contributed by atoms with van der Waals surface area (Å²) in [5, 5.41) is 8.76. The number of carbonyl (C=O) groups excluding carboxylic acids is 1. The Bertz CT molecular complexity index is 521. The van der Waals surface area contributed by atoms with Crippen LogP contribution in [0.15, 0.2) is 24.3 Å². The van der Waals surface area contributed by atoms with Gasteiger partial charge in [0.2, 0.25) is 0 Å². The molecule has 0 radical (unpaired) electrons. The first-order valence-electron chi connectivity index (χ1n) is 6.48. The number of rotatable bonds is 3. The number of carbonyl (C=O) groups is 2. The van der Waals surface area contributed by atoms with Crippen LogP contribution in [0, 0.1) is 11.7 Å². The summed E-state index contributed by atoms with van der Waals surface area (Å²) in [7, 11) is 1.52. The van der Waals surface area contributed by atoms with Crippen molar-refractivity contribution in [2.45, 2.75) is 12.8 Å². The van der Waals surface area contributed by atoms with Crippen LogP contribution in [0.2, 0.25) is 0 Å². The lowest BCUT2D eigenvalue weighted by Gasteiger charge is -2.25. The van der Waals surface area contributed by atoms with Crippen molar-refractivity contribution in [3.8, 4) is 0 Å². The number of para-hydroxylation sites is 1. The van der Waals surface area contributed by atoms with Gasteiger partial charge in [-0.1, -0.05) is 12.1 Å². The molecule has 0 aromatic heterocycles. The fraction of sp³-hybridized carbons (Fsp3) is 0.429. The topological polar surface area (TPSA) is 60.9 Å². The maximum absolute atomic E-state index is 13.6. The minimum Gasteiger partial charge on any atom is -0.481 e. The molecule has 1 aliphatic rings. The second-order valence-electron chi connectivity index (χ2n) is 4.99. The van der Waals surface area contributed by atoms with Crippen molar-refractivity contribution in [1.82, 2.24) is 4.90 Å². The molecule has 1 aromatic rings. The Balaban J connectivity index is 2.02. The average molecular weight is 280 g/mol. The van der Waals surface area contributed by atoms with Gasteiger partial charge < -0.3 is 10.0 Å². The summed E-state index contributed by atoms with van der Waals surface area (Å²) in [4.78, 5) is 25.8. The predicted molar refractivity (Wildman–Crippen MR) is 72.1 cm³/mol. The van der Waals surface area contributed by atoms with E-state index in [4.69, 9.17) is 5.11 Å². The summed E-state index contributed by atoms with van der Waals surface area (Å²) >= 11 is 0. The number of aliphatic carboxylic acids is 1. The van der Waals surface area contributed by atoms with Gasteiger partial charge in [0.15, 0.2) is 0 Å². The van der Waals surface area contributed by atoms with Gasteiger partial charge in [-0.25, -0.2) is 9.18 Å². The molecule has 0 saturated carbocycles. The molecule has 1 heterocycles. The number of carboxylic acid groups (broad SMARTS) is 1. The Morgan fingerprint density at radius 2 is 2.15 bits per heavy atom.